The highest BCUT2D eigenvalue weighted by Crippen LogP contribution is 2.35. The molecule has 0 N–H and O–H groups in total. The summed E-state index contributed by atoms with van der Waals surface area (Å²) < 4.78 is 11.9. The van der Waals surface area contributed by atoms with Crippen LogP contribution in [0.5, 0.6) is 5.75 Å². The van der Waals surface area contributed by atoms with Gasteiger partial charge in [-0.3, -0.25) is 4.79 Å². The summed E-state index contributed by atoms with van der Waals surface area (Å²) in [6.07, 6.45) is 1.41. The fourth-order valence-corrected chi connectivity index (χ4v) is 4.09. The molecule has 0 unspecified atom stereocenters. The lowest BCUT2D eigenvalue weighted by atomic mass is 9.96. The van der Waals surface area contributed by atoms with Crippen LogP contribution in [0.4, 0.5) is 10.5 Å². The van der Waals surface area contributed by atoms with Gasteiger partial charge in [-0.15, -0.1) is 0 Å². The molecule has 0 aliphatic carbocycles. The van der Waals surface area contributed by atoms with Crippen LogP contribution in [0.15, 0.2) is 53.0 Å². The highest BCUT2D eigenvalue weighted by Gasteiger charge is 2.30. The van der Waals surface area contributed by atoms with Gasteiger partial charge in [0.1, 0.15) is 12.4 Å². The first kappa shape index (κ1) is 19.8. The molecule has 0 atom stereocenters. The van der Waals surface area contributed by atoms with Gasteiger partial charge >= 0.3 is 6.09 Å². The minimum absolute atomic E-state index is 0.0275. The van der Waals surface area contributed by atoms with E-state index < -0.39 is 0 Å². The molecule has 7 heteroatoms. The second-order valence-corrected chi connectivity index (χ2v) is 8.29. The number of carbonyl (C=O) groups excluding carboxylic acids is 2. The van der Waals surface area contributed by atoms with E-state index in [-0.39, 0.29) is 25.2 Å². The molecule has 0 spiro atoms. The molecule has 6 nitrogen and oxygen atoms in total. The van der Waals surface area contributed by atoms with Gasteiger partial charge in [-0.1, -0.05) is 46.3 Å². The number of likely N-dealkylation sites (tertiary alicyclic amines) is 1. The van der Waals surface area contributed by atoms with Gasteiger partial charge in [-0.05, 0) is 42.5 Å². The normalized spacial score (nSPS) is 16.9. The number of halogens is 1. The Balaban J connectivity index is 1.30. The van der Waals surface area contributed by atoms with Gasteiger partial charge in [0.25, 0.3) is 5.91 Å². The number of hydrogen-bond acceptors (Lipinski definition) is 4. The van der Waals surface area contributed by atoms with Crippen molar-refractivity contribution in [2.24, 2.45) is 5.92 Å². The molecule has 2 aromatic rings. The monoisotopic (exact) mass is 458 g/mol. The van der Waals surface area contributed by atoms with Crippen molar-refractivity contribution in [1.29, 1.82) is 0 Å². The first-order valence-corrected chi connectivity index (χ1v) is 10.6. The fraction of sp³-hybridized carbons (Fsp3) is 0.364. The van der Waals surface area contributed by atoms with Crippen LogP contribution in [0.1, 0.15) is 18.4 Å². The van der Waals surface area contributed by atoms with Crippen LogP contribution in [-0.2, 0) is 16.1 Å². The Hall–Kier alpha value is -2.54. The van der Waals surface area contributed by atoms with Gasteiger partial charge in [-0.2, -0.15) is 0 Å². The van der Waals surface area contributed by atoms with Crippen LogP contribution in [0, 0.1) is 5.92 Å². The summed E-state index contributed by atoms with van der Waals surface area (Å²) in [7, 11) is 0. The highest BCUT2D eigenvalue weighted by molar-refractivity contribution is 9.10. The Labute approximate surface area is 178 Å². The number of anilines is 1. The molecule has 2 heterocycles. The van der Waals surface area contributed by atoms with Crippen molar-refractivity contribution in [1.82, 2.24) is 4.90 Å². The number of fused-ring (bicyclic) bond motifs is 1. The summed E-state index contributed by atoms with van der Waals surface area (Å²) in [4.78, 5) is 28.3. The quantitative estimate of drug-likeness (QED) is 0.687. The van der Waals surface area contributed by atoms with E-state index >= 15 is 0 Å². The zero-order valence-corrected chi connectivity index (χ0v) is 17.6. The fourth-order valence-electron chi connectivity index (χ4n) is 3.74. The van der Waals surface area contributed by atoms with E-state index in [1.807, 2.05) is 53.4 Å². The highest BCUT2D eigenvalue weighted by atomic mass is 79.9. The maximum atomic E-state index is 12.4. The van der Waals surface area contributed by atoms with Crippen LogP contribution in [0.25, 0.3) is 0 Å². The van der Waals surface area contributed by atoms with E-state index in [1.165, 1.54) is 0 Å². The summed E-state index contributed by atoms with van der Waals surface area (Å²) in [5, 5.41) is 0. The summed E-state index contributed by atoms with van der Waals surface area (Å²) in [5.74, 6) is 1.04. The van der Waals surface area contributed by atoms with E-state index in [0.717, 1.165) is 34.3 Å². The number of amides is 2. The Bertz CT molecular complexity index is 882. The molecule has 0 saturated carbocycles. The van der Waals surface area contributed by atoms with Gasteiger partial charge in [0.15, 0.2) is 6.61 Å². The van der Waals surface area contributed by atoms with Crippen molar-refractivity contribution >= 4 is 33.6 Å². The van der Waals surface area contributed by atoms with Crippen molar-refractivity contribution in [2.45, 2.75) is 19.4 Å². The number of benzene rings is 2. The van der Waals surface area contributed by atoms with E-state index in [2.05, 4.69) is 15.9 Å². The van der Waals surface area contributed by atoms with Crippen molar-refractivity contribution in [3.63, 3.8) is 0 Å². The molecule has 2 aromatic carbocycles. The Morgan fingerprint density at radius 1 is 1.14 bits per heavy atom. The lowest BCUT2D eigenvalue weighted by molar-refractivity contribution is -0.121. The van der Waals surface area contributed by atoms with E-state index in [1.54, 1.807) is 4.90 Å². The molecule has 1 saturated heterocycles. The van der Waals surface area contributed by atoms with E-state index in [0.29, 0.717) is 25.6 Å². The summed E-state index contributed by atoms with van der Waals surface area (Å²) in [6.45, 7) is 2.27. The molecule has 2 amide bonds. The third kappa shape index (κ3) is 4.72. The third-order valence-electron chi connectivity index (χ3n) is 5.38. The zero-order valence-electron chi connectivity index (χ0n) is 16.1. The molecular formula is C22H23BrN2O4. The van der Waals surface area contributed by atoms with Crippen LogP contribution < -0.4 is 9.64 Å². The standard InChI is InChI=1S/C22H23BrN2O4/c23-18-6-7-20-19(12-18)25(21(26)15-28-20)13-16-8-10-24(11-9-16)22(27)29-14-17-4-2-1-3-5-17/h1-7,12,16H,8-11,13-15H2. The first-order valence-electron chi connectivity index (χ1n) is 9.78. The second kappa shape index (κ2) is 8.86. The van der Waals surface area contributed by atoms with Crippen LogP contribution in [-0.4, -0.2) is 43.1 Å². The maximum absolute atomic E-state index is 12.4. The Kier molecular flexibility index (Phi) is 6.04. The van der Waals surface area contributed by atoms with Gasteiger partial charge in [-0.25, -0.2) is 4.79 Å². The number of ether oxygens (including phenoxy) is 2. The average molecular weight is 459 g/mol. The molecule has 1 fully saturated rings. The molecule has 0 bridgehead atoms. The van der Waals surface area contributed by atoms with E-state index in [9.17, 15) is 9.59 Å². The predicted molar refractivity (Wildman–Crippen MR) is 113 cm³/mol. The summed E-state index contributed by atoms with van der Waals surface area (Å²) >= 11 is 3.47. The predicted octanol–water partition coefficient (Wildman–Crippen LogP) is 4.22. The van der Waals surface area contributed by atoms with Crippen LogP contribution >= 0.6 is 15.9 Å². The van der Waals surface area contributed by atoms with Gasteiger partial charge in [0.05, 0.1) is 5.69 Å². The number of hydrogen-bond donors (Lipinski definition) is 0. The van der Waals surface area contributed by atoms with Gasteiger partial charge in [0.2, 0.25) is 0 Å². The lowest BCUT2D eigenvalue weighted by Gasteiger charge is -2.36. The minimum Gasteiger partial charge on any atom is -0.482 e. The number of rotatable bonds is 4. The smallest absolute Gasteiger partial charge is 0.410 e. The SMILES string of the molecule is O=C(OCc1ccccc1)N1CCC(CN2C(=O)COc3ccc(Br)cc32)CC1. The zero-order chi connectivity index (χ0) is 20.2. The molecule has 2 aliphatic rings. The summed E-state index contributed by atoms with van der Waals surface area (Å²) in [5.41, 5.74) is 1.78. The molecule has 0 radical (unpaired) electrons. The Morgan fingerprint density at radius 3 is 2.66 bits per heavy atom. The van der Waals surface area contributed by atoms with Crippen molar-refractivity contribution < 1.29 is 19.1 Å². The molecule has 152 valence electrons. The largest absolute Gasteiger partial charge is 0.482 e. The van der Waals surface area contributed by atoms with Gasteiger partial charge < -0.3 is 19.3 Å². The summed E-state index contributed by atoms with van der Waals surface area (Å²) in [6, 6.07) is 15.4. The minimum atomic E-state index is -0.274. The Morgan fingerprint density at radius 2 is 1.90 bits per heavy atom. The third-order valence-corrected chi connectivity index (χ3v) is 5.88. The van der Waals surface area contributed by atoms with Crippen LogP contribution in [0.2, 0.25) is 0 Å². The molecule has 29 heavy (non-hydrogen) atoms. The lowest BCUT2D eigenvalue weighted by Crippen LogP contribution is -2.45. The average Bonchev–Trinajstić information content (AvgIpc) is 2.75. The van der Waals surface area contributed by atoms with Crippen LogP contribution in [0.3, 0.4) is 0 Å². The number of piperidine rings is 1. The molecular weight excluding hydrogens is 436 g/mol. The first-order chi connectivity index (χ1) is 14.1. The molecule has 4 rings (SSSR count). The van der Waals surface area contributed by atoms with Crippen molar-refractivity contribution in [2.75, 3.05) is 31.1 Å². The van der Waals surface area contributed by atoms with Gasteiger partial charge in [0, 0.05) is 24.1 Å². The number of carbonyl (C=O) groups is 2. The van der Waals surface area contributed by atoms with E-state index in [4.69, 9.17) is 9.47 Å². The van der Waals surface area contributed by atoms with Crippen molar-refractivity contribution in [3.8, 4) is 5.75 Å². The molecule has 0 aromatic heterocycles. The number of nitrogens with zero attached hydrogens (tertiary/aromatic N) is 2. The topological polar surface area (TPSA) is 59.1 Å². The maximum Gasteiger partial charge on any atom is 0.410 e. The second-order valence-electron chi connectivity index (χ2n) is 7.38. The van der Waals surface area contributed by atoms with Crippen molar-refractivity contribution in [3.05, 3.63) is 58.6 Å². The molecule has 2 aliphatic heterocycles.